The summed E-state index contributed by atoms with van der Waals surface area (Å²) >= 11 is 0. The van der Waals surface area contributed by atoms with Crippen LogP contribution in [-0.4, -0.2) is 16.1 Å². The molecule has 0 bridgehead atoms. The highest BCUT2D eigenvalue weighted by Gasteiger charge is 2.05. The molecule has 3 N–H and O–H groups in total. The second kappa shape index (κ2) is 6.92. The second-order valence-corrected chi connectivity index (χ2v) is 5.55. The lowest BCUT2D eigenvalue weighted by molar-refractivity contribution is 0.509. The van der Waals surface area contributed by atoms with Gasteiger partial charge in [0.05, 0.1) is 0 Å². The fourth-order valence-corrected chi connectivity index (χ4v) is 2.12. The average Bonchev–Trinajstić information content (AvgIpc) is 2.44. The molecule has 21 heavy (non-hydrogen) atoms. The Kier molecular flexibility index (Phi) is 4.98. The SMILES string of the molecule is CC(C)Cn1ccnc(NCCc2ccc(N)cc2)c1=O. The van der Waals surface area contributed by atoms with Crippen molar-refractivity contribution in [2.45, 2.75) is 26.8 Å². The summed E-state index contributed by atoms with van der Waals surface area (Å²) in [7, 11) is 0. The summed E-state index contributed by atoms with van der Waals surface area (Å²) in [4.78, 5) is 16.3. The van der Waals surface area contributed by atoms with Crippen LogP contribution in [0.1, 0.15) is 19.4 Å². The number of anilines is 2. The first kappa shape index (κ1) is 15.1. The summed E-state index contributed by atoms with van der Waals surface area (Å²) in [6.07, 6.45) is 4.21. The second-order valence-electron chi connectivity index (χ2n) is 5.55. The molecule has 0 aliphatic carbocycles. The standard InChI is InChI=1S/C16H22N4O/c1-12(2)11-20-10-9-19-15(16(20)21)18-8-7-13-3-5-14(17)6-4-13/h3-6,9-10,12H,7-8,11,17H2,1-2H3,(H,18,19). The number of hydrogen-bond donors (Lipinski definition) is 2. The van der Waals surface area contributed by atoms with Gasteiger partial charge in [0, 0.05) is 31.2 Å². The Labute approximate surface area is 124 Å². The Balaban J connectivity index is 1.97. The molecule has 0 radical (unpaired) electrons. The van der Waals surface area contributed by atoms with Crippen LogP contribution >= 0.6 is 0 Å². The summed E-state index contributed by atoms with van der Waals surface area (Å²) in [6.45, 7) is 5.54. The van der Waals surface area contributed by atoms with Gasteiger partial charge in [-0.15, -0.1) is 0 Å². The van der Waals surface area contributed by atoms with E-state index >= 15 is 0 Å². The highest BCUT2D eigenvalue weighted by Crippen LogP contribution is 2.06. The van der Waals surface area contributed by atoms with Crippen LogP contribution in [0.25, 0.3) is 0 Å². The van der Waals surface area contributed by atoms with Gasteiger partial charge in [-0.2, -0.15) is 0 Å². The normalized spacial score (nSPS) is 10.8. The van der Waals surface area contributed by atoms with E-state index in [0.29, 0.717) is 24.8 Å². The lowest BCUT2D eigenvalue weighted by Gasteiger charge is -2.10. The number of nitrogens with one attached hydrogen (secondary N) is 1. The molecule has 0 aliphatic rings. The first-order chi connectivity index (χ1) is 10.1. The zero-order valence-corrected chi connectivity index (χ0v) is 12.5. The lowest BCUT2D eigenvalue weighted by Crippen LogP contribution is -2.26. The minimum absolute atomic E-state index is 0.0662. The highest BCUT2D eigenvalue weighted by atomic mass is 16.1. The highest BCUT2D eigenvalue weighted by molar-refractivity contribution is 5.39. The van der Waals surface area contributed by atoms with Crippen molar-refractivity contribution in [2.75, 3.05) is 17.6 Å². The molecule has 0 atom stereocenters. The van der Waals surface area contributed by atoms with Gasteiger partial charge >= 0.3 is 0 Å². The summed E-state index contributed by atoms with van der Waals surface area (Å²) in [5, 5.41) is 3.11. The minimum Gasteiger partial charge on any atom is -0.399 e. The maximum absolute atomic E-state index is 12.2. The third kappa shape index (κ3) is 4.34. The smallest absolute Gasteiger partial charge is 0.293 e. The molecule has 0 unspecified atom stereocenters. The molecule has 1 aromatic carbocycles. The molecule has 112 valence electrons. The van der Waals surface area contributed by atoms with Crippen LogP contribution in [0, 0.1) is 5.92 Å². The number of nitrogen functional groups attached to an aromatic ring is 1. The number of benzene rings is 1. The molecule has 0 amide bonds. The third-order valence-corrected chi connectivity index (χ3v) is 3.16. The Morgan fingerprint density at radius 1 is 1.29 bits per heavy atom. The zero-order valence-electron chi connectivity index (χ0n) is 12.5. The lowest BCUT2D eigenvalue weighted by atomic mass is 10.1. The van der Waals surface area contributed by atoms with Crippen LogP contribution in [0.3, 0.4) is 0 Å². The molecule has 5 nitrogen and oxygen atoms in total. The molecule has 0 saturated carbocycles. The van der Waals surface area contributed by atoms with Gasteiger partial charge in [-0.05, 0) is 30.0 Å². The van der Waals surface area contributed by atoms with E-state index in [1.54, 1.807) is 17.0 Å². The van der Waals surface area contributed by atoms with E-state index in [4.69, 9.17) is 5.73 Å². The number of aromatic nitrogens is 2. The quantitative estimate of drug-likeness (QED) is 0.798. The van der Waals surface area contributed by atoms with Crippen LogP contribution in [0.15, 0.2) is 41.5 Å². The number of nitrogens with zero attached hydrogens (tertiary/aromatic N) is 2. The Morgan fingerprint density at radius 3 is 2.67 bits per heavy atom. The molecule has 5 heteroatoms. The molecule has 0 spiro atoms. The molecule has 0 fully saturated rings. The van der Waals surface area contributed by atoms with Gasteiger partial charge in [0.15, 0.2) is 5.82 Å². The minimum atomic E-state index is -0.0662. The van der Waals surface area contributed by atoms with E-state index in [9.17, 15) is 4.79 Å². The van der Waals surface area contributed by atoms with E-state index in [2.05, 4.69) is 24.1 Å². The van der Waals surface area contributed by atoms with Crippen LogP contribution in [0.5, 0.6) is 0 Å². The van der Waals surface area contributed by atoms with Crippen molar-refractivity contribution in [3.63, 3.8) is 0 Å². The fraction of sp³-hybridized carbons (Fsp3) is 0.375. The van der Waals surface area contributed by atoms with Gasteiger partial charge < -0.3 is 15.6 Å². The first-order valence-corrected chi connectivity index (χ1v) is 7.20. The van der Waals surface area contributed by atoms with Gasteiger partial charge in [-0.25, -0.2) is 4.98 Å². The summed E-state index contributed by atoms with van der Waals surface area (Å²) in [5.41, 5.74) is 7.52. The molecule has 1 heterocycles. The monoisotopic (exact) mass is 286 g/mol. The molecule has 1 aromatic heterocycles. The Hall–Kier alpha value is -2.30. The van der Waals surface area contributed by atoms with Gasteiger partial charge in [-0.3, -0.25) is 4.79 Å². The predicted molar refractivity (Wildman–Crippen MR) is 86.4 cm³/mol. The van der Waals surface area contributed by atoms with Crippen LogP contribution < -0.4 is 16.6 Å². The Morgan fingerprint density at radius 2 is 2.00 bits per heavy atom. The van der Waals surface area contributed by atoms with Gasteiger partial charge in [-0.1, -0.05) is 26.0 Å². The molecular weight excluding hydrogens is 264 g/mol. The van der Waals surface area contributed by atoms with Gasteiger partial charge in [0.25, 0.3) is 5.56 Å². The summed E-state index contributed by atoms with van der Waals surface area (Å²) in [6, 6.07) is 7.75. The summed E-state index contributed by atoms with van der Waals surface area (Å²) < 4.78 is 1.70. The van der Waals surface area contributed by atoms with Gasteiger partial charge in [0.1, 0.15) is 0 Å². The van der Waals surface area contributed by atoms with Crippen molar-refractivity contribution in [3.8, 4) is 0 Å². The van der Waals surface area contributed by atoms with E-state index in [1.807, 2.05) is 24.3 Å². The average molecular weight is 286 g/mol. The summed E-state index contributed by atoms with van der Waals surface area (Å²) in [5.74, 6) is 0.835. The maximum Gasteiger partial charge on any atom is 0.293 e. The largest absolute Gasteiger partial charge is 0.399 e. The number of nitrogens with two attached hydrogens (primary N) is 1. The van der Waals surface area contributed by atoms with Crippen molar-refractivity contribution in [1.29, 1.82) is 0 Å². The van der Waals surface area contributed by atoms with Crippen molar-refractivity contribution in [1.82, 2.24) is 9.55 Å². The Bertz CT molecular complexity index is 631. The fourth-order valence-electron chi connectivity index (χ4n) is 2.12. The van der Waals surface area contributed by atoms with Crippen molar-refractivity contribution < 1.29 is 0 Å². The topological polar surface area (TPSA) is 72.9 Å². The molecular formula is C16H22N4O. The van der Waals surface area contributed by atoms with Crippen LogP contribution in [0.2, 0.25) is 0 Å². The van der Waals surface area contributed by atoms with Crippen molar-refractivity contribution in [2.24, 2.45) is 5.92 Å². The van der Waals surface area contributed by atoms with Crippen LogP contribution in [-0.2, 0) is 13.0 Å². The van der Waals surface area contributed by atoms with Crippen molar-refractivity contribution in [3.05, 3.63) is 52.6 Å². The number of hydrogen-bond acceptors (Lipinski definition) is 4. The molecule has 0 saturated heterocycles. The van der Waals surface area contributed by atoms with E-state index in [1.165, 1.54) is 5.56 Å². The number of rotatable bonds is 6. The van der Waals surface area contributed by atoms with E-state index < -0.39 is 0 Å². The third-order valence-electron chi connectivity index (χ3n) is 3.16. The van der Waals surface area contributed by atoms with Gasteiger partial charge in [0.2, 0.25) is 0 Å². The predicted octanol–water partition coefficient (Wildman–Crippen LogP) is 2.14. The van der Waals surface area contributed by atoms with Crippen molar-refractivity contribution >= 4 is 11.5 Å². The molecule has 0 aliphatic heterocycles. The van der Waals surface area contributed by atoms with Crippen LogP contribution in [0.4, 0.5) is 11.5 Å². The maximum atomic E-state index is 12.2. The molecule has 2 rings (SSSR count). The molecule has 2 aromatic rings. The van der Waals surface area contributed by atoms with E-state index in [-0.39, 0.29) is 5.56 Å². The van der Waals surface area contributed by atoms with E-state index in [0.717, 1.165) is 12.1 Å². The zero-order chi connectivity index (χ0) is 15.2. The first-order valence-electron chi connectivity index (χ1n) is 7.20.